The number of nitrogens with zero attached hydrogens (tertiary/aromatic N) is 3. The van der Waals surface area contributed by atoms with Crippen LogP contribution in [0.4, 0.5) is 5.82 Å². The van der Waals surface area contributed by atoms with Crippen molar-refractivity contribution in [1.29, 1.82) is 0 Å². The van der Waals surface area contributed by atoms with Crippen molar-refractivity contribution in [2.24, 2.45) is 0 Å². The second-order valence-electron chi connectivity index (χ2n) is 7.28. The van der Waals surface area contributed by atoms with E-state index in [1.165, 1.54) is 45.5 Å². The van der Waals surface area contributed by atoms with Gasteiger partial charge in [0, 0.05) is 15.5 Å². The third-order valence-corrected chi connectivity index (χ3v) is 7.03. The zero-order valence-corrected chi connectivity index (χ0v) is 16.2. The minimum Gasteiger partial charge on any atom is -0.345 e. The van der Waals surface area contributed by atoms with Crippen molar-refractivity contribution < 1.29 is 4.90 Å². The van der Waals surface area contributed by atoms with Gasteiger partial charge in [0.05, 0.1) is 31.6 Å². The quantitative estimate of drug-likeness (QED) is 0.752. The molecule has 0 bridgehead atoms. The van der Waals surface area contributed by atoms with Crippen LogP contribution in [0.1, 0.15) is 22.4 Å². The van der Waals surface area contributed by atoms with Gasteiger partial charge in [-0.05, 0) is 37.0 Å². The van der Waals surface area contributed by atoms with Crippen LogP contribution in [0.2, 0.25) is 5.02 Å². The molecule has 0 spiro atoms. The van der Waals surface area contributed by atoms with E-state index in [4.69, 9.17) is 16.6 Å². The first-order valence-corrected chi connectivity index (χ1v) is 10.6. The molecule has 1 aliphatic carbocycles. The molecule has 26 heavy (non-hydrogen) atoms. The molecular formula is C20H22ClN4S+. The monoisotopic (exact) mass is 385 g/mol. The highest BCUT2D eigenvalue weighted by Gasteiger charge is 2.26. The average Bonchev–Trinajstić information content (AvgIpc) is 3.23. The molecule has 0 saturated carbocycles. The van der Waals surface area contributed by atoms with Crippen LogP contribution in [-0.2, 0) is 19.4 Å². The number of piperazine rings is 1. The number of rotatable bonds is 3. The number of aromatic nitrogens is 2. The van der Waals surface area contributed by atoms with Gasteiger partial charge in [0.1, 0.15) is 23.5 Å². The molecule has 2 aliphatic rings. The fraction of sp³-hybridized carbons (Fsp3) is 0.400. The Balaban J connectivity index is 1.34. The van der Waals surface area contributed by atoms with Crippen LogP contribution in [0, 0.1) is 0 Å². The summed E-state index contributed by atoms with van der Waals surface area (Å²) < 4.78 is 0. The van der Waals surface area contributed by atoms with Gasteiger partial charge in [0.2, 0.25) is 0 Å². The number of anilines is 1. The van der Waals surface area contributed by atoms with Crippen LogP contribution in [-0.4, -0.2) is 36.1 Å². The lowest BCUT2D eigenvalue weighted by Crippen LogP contribution is -3.13. The molecule has 1 aliphatic heterocycles. The summed E-state index contributed by atoms with van der Waals surface area (Å²) in [6, 6.07) is 8.25. The second-order valence-corrected chi connectivity index (χ2v) is 8.80. The summed E-state index contributed by atoms with van der Waals surface area (Å²) in [6.45, 7) is 5.40. The largest absolute Gasteiger partial charge is 0.345 e. The Hall–Kier alpha value is -1.69. The van der Waals surface area contributed by atoms with E-state index < -0.39 is 0 Å². The third-order valence-electron chi connectivity index (χ3n) is 5.59. The number of benzene rings is 1. The summed E-state index contributed by atoms with van der Waals surface area (Å²) in [4.78, 5) is 16.0. The molecule has 5 rings (SSSR count). The van der Waals surface area contributed by atoms with Gasteiger partial charge in [0.25, 0.3) is 0 Å². The molecule has 6 heteroatoms. The van der Waals surface area contributed by atoms with Crippen molar-refractivity contribution >= 4 is 39.0 Å². The smallest absolute Gasteiger partial charge is 0.141 e. The normalized spacial score (nSPS) is 17.8. The Morgan fingerprint density at radius 2 is 2.04 bits per heavy atom. The topological polar surface area (TPSA) is 33.5 Å². The molecule has 0 radical (unpaired) electrons. The summed E-state index contributed by atoms with van der Waals surface area (Å²) in [5.74, 6) is 1.16. The minimum atomic E-state index is 0.829. The molecule has 3 heterocycles. The van der Waals surface area contributed by atoms with Crippen molar-refractivity contribution in [3.63, 3.8) is 0 Å². The van der Waals surface area contributed by atoms with Crippen LogP contribution in [0.25, 0.3) is 10.2 Å². The number of nitrogens with one attached hydrogen (secondary N) is 1. The number of hydrogen-bond donors (Lipinski definition) is 1. The molecule has 1 fully saturated rings. The Morgan fingerprint density at radius 1 is 1.15 bits per heavy atom. The van der Waals surface area contributed by atoms with Gasteiger partial charge in [0.15, 0.2) is 0 Å². The Morgan fingerprint density at radius 3 is 2.88 bits per heavy atom. The van der Waals surface area contributed by atoms with Crippen LogP contribution in [0.15, 0.2) is 30.6 Å². The minimum absolute atomic E-state index is 0.829. The van der Waals surface area contributed by atoms with Crippen molar-refractivity contribution in [2.45, 2.75) is 25.8 Å². The summed E-state index contributed by atoms with van der Waals surface area (Å²) in [7, 11) is 0. The maximum absolute atomic E-state index is 6.13. The average molecular weight is 386 g/mol. The van der Waals surface area contributed by atoms with Crippen molar-refractivity contribution in [1.82, 2.24) is 9.97 Å². The van der Waals surface area contributed by atoms with Gasteiger partial charge in [-0.2, -0.15) is 0 Å². The molecule has 1 N–H and O–H groups in total. The van der Waals surface area contributed by atoms with Crippen LogP contribution < -0.4 is 9.80 Å². The van der Waals surface area contributed by atoms with E-state index >= 15 is 0 Å². The van der Waals surface area contributed by atoms with E-state index in [1.54, 1.807) is 11.2 Å². The zero-order chi connectivity index (χ0) is 17.5. The lowest BCUT2D eigenvalue weighted by Gasteiger charge is -2.33. The maximum atomic E-state index is 6.13. The highest BCUT2D eigenvalue weighted by atomic mass is 35.5. The first-order chi connectivity index (χ1) is 12.8. The van der Waals surface area contributed by atoms with Crippen molar-refractivity contribution in [2.75, 3.05) is 31.1 Å². The molecule has 3 aromatic rings. The lowest BCUT2D eigenvalue weighted by molar-refractivity contribution is -0.914. The van der Waals surface area contributed by atoms with Crippen molar-refractivity contribution in [3.05, 3.63) is 51.6 Å². The first-order valence-electron chi connectivity index (χ1n) is 9.36. The summed E-state index contributed by atoms with van der Waals surface area (Å²) in [5.41, 5.74) is 2.84. The predicted molar refractivity (Wildman–Crippen MR) is 108 cm³/mol. The number of hydrogen-bond acceptors (Lipinski definition) is 4. The lowest BCUT2D eigenvalue weighted by atomic mass is 10.1. The van der Waals surface area contributed by atoms with Gasteiger partial charge < -0.3 is 9.80 Å². The van der Waals surface area contributed by atoms with Gasteiger partial charge >= 0.3 is 0 Å². The molecule has 0 atom stereocenters. The third kappa shape index (κ3) is 2.98. The van der Waals surface area contributed by atoms with Gasteiger partial charge in [-0.1, -0.05) is 23.7 Å². The van der Waals surface area contributed by atoms with E-state index in [0.717, 1.165) is 43.6 Å². The first kappa shape index (κ1) is 16.5. The number of halogens is 1. The molecule has 4 nitrogen and oxygen atoms in total. The number of thiophene rings is 1. The van der Waals surface area contributed by atoms with Gasteiger partial charge in [-0.15, -0.1) is 11.3 Å². The van der Waals surface area contributed by atoms with Gasteiger partial charge in [-0.25, -0.2) is 9.97 Å². The number of aryl methyl sites for hydroxylation is 2. The molecule has 0 amide bonds. The van der Waals surface area contributed by atoms with Crippen LogP contribution in [0.3, 0.4) is 0 Å². The standard InChI is InChI=1S/C20H21ClN4S/c21-15-4-1-3-14(11-15)12-24-7-9-25(10-8-24)19-18-16-5-2-6-17(16)26-20(18)23-13-22-19/h1,3-4,11,13H,2,5-10,12H2/p+1. The Bertz CT molecular complexity index is 946. The highest BCUT2D eigenvalue weighted by molar-refractivity contribution is 7.19. The predicted octanol–water partition coefficient (Wildman–Crippen LogP) is 2.74. The Labute approximate surface area is 162 Å². The summed E-state index contributed by atoms with van der Waals surface area (Å²) >= 11 is 8.00. The molecule has 1 saturated heterocycles. The molecule has 134 valence electrons. The van der Waals surface area contributed by atoms with Crippen LogP contribution >= 0.6 is 22.9 Å². The number of quaternary nitrogens is 1. The second kappa shape index (κ2) is 6.80. The molecular weight excluding hydrogens is 364 g/mol. The fourth-order valence-electron chi connectivity index (χ4n) is 4.30. The summed E-state index contributed by atoms with van der Waals surface area (Å²) in [5, 5.41) is 2.17. The number of fused-ring (bicyclic) bond motifs is 3. The van der Waals surface area contributed by atoms with Crippen molar-refractivity contribution in [3.8, 4) is 0 Å². The Kier molecular flexibility index (Phi) is 4.31. The zero-order valence-electron chi connectivity index (χ0n) is 14.7. The molecule has 2 aromatic heterocycles. The van der Waals surface area contributed by atoms with Gasteiger partial charge in [-0.3, -0.25) is 0 Å². The van der Waals surface area contributed by atoms with E-state index in [9.17, 15) is 0 Å². The van der Waals surface area contributed by atoms with E-state index in [2.05, 4.69) is 22.0 Å². The van der Waals surface area contributed by atoms with E-state index in [-0.39, 0.29) is 0 Å². The SMILES string of the molecule is Clc1cccc(C[NH+]2CCN(c3ncnc4sc5c(c34)CCC5)CC2)c1. The van der Waals surface area contributed by atoms with E-state index in [1.807, 2.05) is 23.5 Å². The molecule has 1 aromatic carbocycles. The highest BCUT2D eigenvalue weighted by Crippen LogP contribution is 2.40. The summed E-state index contributed by atoms with van der Waals surface area (Å²) in [6.07, 6.45) is 5.43. The van der Waals surface area contributed by atoms with Crippen LogP contribution in [0.5, 0.6) is 0 Å². The van der Waals surface area contributed by atoms with E-state index in [0.29, 0.717) is 0 Å². The fourth-order valence-corrected chi connectivity index (χ4v) is 5.74. The maximum Gasteiger partial charge on any atom is 0.141 e. The molecule has 0 unspecified atom stereocenters.